The number of aliphatic hydroxyl groups is 2. The molecule has 1 aliphatic heterocycles. The molecule has 2 heterocycles. The number of β-amino-alcohol motifs (C(OH)–C–C–N with tert-alkyl or cyclic N) is 1. The number of carbonyl (C=O) groups is 1. The Bertz CT molecular complexity index is 843. The van der Waals surface area contributed by atoms with Crippen molar-refractivity contribution in [1.82, 2.24) is 19.8 Å². The maximum Gasteiger partial charge on any atom is 0.240 e. The van der Waals surface area contributed by atoms with Gasteiger partial charge >= 0.3 is 0 Å². The molecule has 1 amide bonds. The largest absolute Gasteiger partial charge is 0.391 e. The van der Waals surface area contributed by atoms with Crippen LogP contribution < -0.4 is 5.32 Å². The molecule has 1 fully saturated rings. The summed E-state index contributed by atoms with van der Waals surface area (Å²) in [6.45, 7) is 6.20. The summed E-state index contributed by atoms with van der Waals surface area (Å²) >= 11 is 0. The second kappa shape index (κ2) is 8.26. The average molecular weight is 401 g/mol. The van der Waals surface area contributed by atoms with Crippen LogP contribution in [0.15, 0.2) is 36.5 Å². The van der Waals surface area contributed by atoms with Gasteiger partial charge in [0.25, 0.3) is 0 Å². The van der Waals surface area contributed by atoms with Crippen molar-refractivity contribution >= 4 is 5.91 Å². The highest BCUT2D eigenvalue weighted by Gasteiger charge is 2.44. The lowest BCUT2D eigenvalue weighted by Gasteiger charge is -2.36. The molecule has 1 aromatic carbocycles. The minimum atomic E-state index is -0.990. The van der Waals surface area contributed by atoms with E-state index in [1.54, 1.807) is 18.1 Å². The van der Waals surface area contributed by atoms with Crippen LogP contribution in [0.5, 0.6) is 0 Å². The first-order valence-corrected chi connectivity index (χ1v) is 10.1. The zero-order chi connectivity index (χ0) is 21.3. The molecule has 0 saturated carbocycles. The molecule has 0 radical (unpaired) electrons. The minimum Gasteiger partial charge on any atom is -0.391 e. The van der Waals surface area contributed by atoms with Crippen LogP contribution in [-0.2, 0) is 11.8 Å². The van der Waals surface area contributed by atoms with Crippen LogP contribution in [0, 0.1) is 5.41 Å². The Morgan fingerprint density at radius 3 is 2.52 bits per heavy atom. The molecular weight excluding hydrogens is 368 g/mol. The Balaban J connectivity index is 1.89. The summed E-state index contributed by atoms with van der Waals surface area (Å²) in [5, 5.41) is 24.5. The van der Waals surface area contributed by atoms with Gasteiger partial charge < -0.3 is 25.0 Å². The molecule has 7 heteroatoms. The van der Waals surface area contributed by atoms with Crippen LogP contribution in [0.25, 0.3) is 11.3 Å². The van der Waals surface area contributed by atoms with Crippen molar-refractivity contribution in [3.05, 3.63) is 42.4 Å². The predicted molar refractivity (Wildman–Crippen MR) is 112 cm³/mol. The van der Waals surface area contributed by atoms with E-state index in [1.807, 2.05) is 62.7 Å². The third-order valence-electron chi connectivity index (χ3n) is 5.73. The number of likely N-dealkylation sites (N-methyl/N-ethyl adjacent to an activating group) is 1. The molecule has 158 valence electrons. The van der Waals surface area contributed by atoms with Crippen LogP contribution >= 0.6 is 0 Å². The van der Waals surface area contributed by atoms with Gasteiger partial charge in [0.2, 0.25) is 5.91 Å². The molecule has 1 saturated heterocycles. The molecule has 3 rings (SSSR count). The van der Waals surface area contributed by atoms with Gasteiger partial charge in [-0.25, -0.2) is 4.98 Å². The van der Waals surface area contributed by atoms with E-state index in [1.165, 1.54) is 0 Å². The standard InChI is InChI=1S/C22H32N4O3/c1-22(2,3)19(23-4)21(29)26-13-15(27)11-16(26)18(28)20-24-12-17(25(20)5)14-9-7-6-8-10-14/h6-10,12,15-16,18-19,23,27-28H,11,13H2,1-5H3/t15-,16?,18?,19-/m1/s1. The van der Waals surface area contributed by atoms with Crippen molar-refractivity contribution in [2.75, 3.05) is 13.6 Å². The number of imidazole rings is 1. The predicted octanol–water partition coefficient (Wildman–Crippen LogP) is 1.72. The fraction of sp³-hybridized carbons (Fsp3) is 0.545. The van der Waals surface area contributed by atoms with Crippen LogP contribution in [0.1, 0.15) is 39.1 Å². The summed E-state index contributed by atoms with van der Waals surface area (Å²) in [5.41, 5.74) is 1.60. The molecule has 2 aromatic rings. The molecule has 0 spiro atoms. The van der Waals surface area contributed by atoms with Crippen molar-refractivity contribution in [1.29, 1.82) is 0 Å². The number of aromatic nitrogens is 2. The average Bonchev–Trinajstić information content (AvgIpc) is 3.24. The number of hydrogen-bond acceptors (Lipinski definition) is 5. The SMILES string of the molecule is CN[C@H](C(=O)N1C[C@H](O)CC1C(O)c1ncc(-c2ccccc2)n1C)C(C)(C)C. The van der Waals surface area contributed by atoms with E-state index in [-0.39, 0.29) is 17.9 Å². The monoisotopic (exact) mass is 400 g/mol. The number of carbonyl (C=O) groups excluding carboxylic acids is 1. The van der Waals surface area contributed by atoms with E-state index in [0.717, 1.165) is 11.3 Å². The quantitative estimate of drug-likeness (QED) is 0.711. The maximum atomic E-state index is 13.2. The number of hydrogen-bond donors (Lipinski definition) is 3. The van der Waals surface area contributed by atoms with Gasteiger partial charge in [-0.1, -0.05) is 51.1 Å². The molecule has 0 aliphatic carbocycles. The first kappa shape index (κ1) is 21.5. The van der Waals surface area contributed by atoms with E-state index in [2.05, 4.69) is 10.3 Å². The molecule has 1 aromatic heterocycles. The lowest BCUT2D eigenvalue weighted by atomic mass is 9.85. The van der Waals surface area contributed by atoms with Gasteiger partial charge in [-0.2, -0.15) is 0 Å². The lowest BCUT2D eigenvalue weighted by molar-refractivity contribution is -0.139. The van der Waals surface area contributed by atoms with E-state index in [0.29, 0.717) is 12.2 Å². The molecular formula is C22H32N4O3. The van der Waals surface area contributed by atoms with Crippen molar-refractivity contribution in [3.63, 3.8) is 0 Å². The zero-order valence-corrected chi connectivity index (χ0v) is 17.8. The molecule has 7 nitrogen and oxygen atoms in total. The Kier molecular flexibility index (Phi) is 6.12. The Hall–Kier alpha value is -2.22. The number of benzene rings is 1. The highest BCUT2D eigenvalue weighted by Crippen LogP contribution is 2.33. The highest BCUT2D eigenvalue weighted by molar-refractivity contribution is 5.83. The Morgan fingerprint density at radius 1 is 1.28 bits per heavy atom. The van der Waals surface area contributed by atoms with Gasteiger partial charge in [0.15, 0.2) is 0 Å². The molecule has 0 bridgehead atoms. The van der Waals surface area contributed by atoms with Gasteiger partial charge in [-0.05, 0) is 24.4 Å². The van der Waals surface area contributed by atoms with Gasteiger partial charge in [-0.15, -0.1) is 0 Å². The second-order valence-corrected chi connectivity index (χ2v) is 8.91. The first-order valence-electron chi connectivity index (χ1n) is 10.1. The van der Waals surface area contributed by atoms with Gasteiger partial charge in [-0.3, -0.25) is 4.79 Å². The fourth-order valence-corrected chi connectivity index (χ4v) is 4.24. The third-order valence-corrected chi connectivity index (χ3v) is 5.73. The van der Waals surface area contributed by atoms with Crippen LogP contribution in [0.4, 0.5) is 0 Å². The number of aliphatic hydroxyl groups excluding tert-OH is 2. The van der Waals surface area contributed by atoms with Gasteiger partial charge in [0.1, 0.15) is 11.9 Å². The molecule has 29 heavy (non-hydrogen) atoms. The molecule has 4 atom stereocenters. The normalized spacial score (nSPS) is 22.0. The van der Waals surface area contributed by atoms with Crippen molar-refractivity contribution in [2.24, 2.45) is 12.5 Å². The van der Waals surface area contributed by atoms with Crippen LogP contribution in [0.3, 0.4) is 0 Å². The third kappa shape index (κ3) is 4.22. The summed E-state index contributed by atoms with van der Waals surface area (Å²) in [6, 6.07) is 8.90. The number of nitrogens with zero attached hydrogens (tertiary/aromatic N) is 3. The zero-order valence-electron chi connectivity index (χ0n) is 17.8. The first-order chi connectivity index (χ1) is 13.6. The summed E-state index contributed by atoms with van der Waals surface area (Å²) in [7, 11) is 3.62. The topological polar surface area (TPSA) is 90.6 Å². The van der Waals surface area contributed by atoms with Gasteiger partial charge in [0.05, 0.1) is 30.1 Å². The number of amides is 1. The molecule has 3 N–H and O–H groups in total. The number of likely N-dealkylation sites (tertiary alicyclic amines) is 1. The summed E-state index contributed by atoms with van der Waals surface area (Å²) < 4.78 is 1.85. The molecule has 1 aliphatic rings. The minimum absolute atomic E-state index is 0.113. The number of rotatable bonds is 5. The maximum absolute atomic E-state index is 13.2. The van der Waals surface area contributed by atoms with Gasteiger partial charge in [0, 0.05) is 13.6 Å². The molecule has 2 unspecified atom stereocenters. The van der Waals surface area contributed by atoms with E-state index < -0.39 is 24.3 Å². The Labute approximate surface area is 172 Å². The van der Waals surface area contributed by atoms with Crippen molar-refractivity contribution in [3.8, 4) is 11.3 Å². The summed E-state index contributed by atoms with van der Waals surface area (Å²) in [6.07, 6.45) is 0.402. The summed E-state index contributed by atoms with van der Waals surface area (Å²) in [5.74, 6) is 0.371. The lowest BCUT2D eigenvalue weighted by Crippen LogP contribution is -2.54. The Morgan fingerprint density at radius 2 is 1.93 bits per heavy atom. The smallest absolute Gasteiger partial charge is 0.240 e. The van der Waals surface area contributed by atoms with E-state index in [9.17, 15) is 15.0 Å². The number of nitrogens with one attached hydrogen (secondary N) is 1. The van der Waals surface area contributed by atoms with E-state index in [4.69, 9.17) is 0 Å². The van der Waals surface area contributed by atoms with E-state index >= 15 is 0 Å². The van der Waals surface area contributed by atoms with Crippen molar-refractivity contribution < 1.29 is 15.0 Å². The van der Waals surface area contributed by atoms with Crippen molar-refractivity contribution in [2.45, 2.75) is 51.5 Å². The van der Waals surface area contributed by atoms with Crippen LogP contribution in [-0.4, -0.2) is 62.4 Å². The summed E-state index contributed by atoms with van der Waals surface area (Å²) in [4.78, 5) is 19.3. The highest BCUT2D eigenvalue weighted by atomic mass is 16.3. The van der Waals surface area contributed by atoms with Crippen LogP contribution in [0.2, 0.25) is 0 Å². The second-order valence-electron chi connectivity index (χ2n) is 8.91. The fourth-order valence-electron chi connectivity index (χ4n) is 4.24.